The Kier molecular flexibility index (Phi) is 3.52. The van der Waals surface area contributed by atoms with Crippen molar-refractivity contribution in [2.75, 3.05) is 12.4 Å². The third kappa shape index (κ3) is 2.45. The standard InChI is InChI=1S/C16H15ClN2O/c1-20-16-5-3-2-4-14(16)18-9-11-10-19-15-8-12(17)6-7-13(11)15/h2-8,10,18-19H,9H2,1H3. The number of hydrogen-bond acceptors (Lipinski definition) is 2. The van der Waals surface area contributed by atoms with Crippen LogP contribution in [0.5, 0.6) is 5.75 Å². The molecule has 3 rings (SSSR count). The maximum atomic E-state index is 5.99. The van der Waals surface area contributed by atoms with Gasteiger partial charge in [0.05, 0.1) is 12.8 Å². The summed E-state index contributed by atoms with van der Waals surface area (Å²) in [5.74, 6) is 0.843. The van der Waals surface area contributed by atoms with Crippen LogP contribution in [0, 0.1) is 0 Å². The second-order valence-electron chi connectivity index (χ2n) is 4.56. The molecular weight excluding hydrogens is 272 g/mol. The minimum atomic E-state index is 0.724. The Hall–Kier alpha value is -2.13. The second-order valence-corrected chi connectivity index (χ2v) is 4.99. The highest BCUT2D eigenvalue weighted by atomic mass is 35.5. The number of anilines is 1. The predicted octanol–water partition coefficient (Wildman–Crippen LogP) is 4.44. The highest BCUT2D eigenvalue weighted by Crippen LogP contribution is 2.26. The third-order valence-corrected chi connectivity index (χ3v) is 3.54. The summed E-state index contributed by atoms with van der Waals surface area (Å²) in [4.78, 5) is 3.24. The van der Waals surface area contributed by atoms with Gasteiger partial charge < -0.3 is 15.0 Å². The van der Waals surface area contributed by atoms with Gasteiger partial charge in [0.2, 0.25) is 0 Å². The molecule has 0 unspecified atom stereocenters. The zero-order valence-electron chi connectivity index (χ0n) is 11.1. The van der Waals surface area contributed by atoms with Crippen molar-refractivity contribution in [3.05, 3.63) is 59.2 Å². The van der Waals surface area contributed by atoms with Gasteiger partial charge in [0.1, 0.15) is 5.75 Å². The van der Waals surface area contributed by atoms with Crippen LogP contribution in [-0.2, 0) is 6.54 Å². The number of para-hydroxylation sites is 2. The number of aromatic nitrogens is 1. The Labute approximate surface area is 122 Å². The van der Waals surface area contributed by atoms with E-state index >= 15 is 0 Å². The number of H-pyrrole nitrogens is 1. The summed E-state index contributed by atoms with van der Waals surface area (Å²) in [5, 5.41) is 5.31. The molecule has 102 valence electrons. The summed E-state index contributed by atoms with van der Waals surface area (Å²) < 4.78 is 5.33. The topological polar surface area (TPSA) is 37.0 Å². The van der Waals surface area contributed by atoms with Crippen LogP contribution in [0.25, 0.3) is 10.9 Å². The molecule has 1 heterocycles. The number of halogens is 1. The monoisotopic (exact) mass is 286 g/mol. The fraction of sp³-hybridized carbons (Fsp3) is 0.125. The number of fused-ring (bicyclic) bond motifs is 1. The fourth-order valence-corrected chi connectivity index (χ4v) is 2.46. The van der Waals surface area contributed by atoms with E-state index < -0.39 is 0 Å². The average Bonchev–Trinajstić information content (AvgIpc) is 2.87. The van der Waals surface area contributed by atoms with Gasteiger partial charge in [0.15, 0.2) is 0 Å². The molecule has 3 nitrogen and oxygen atoms in total. The summed E-state index contributed by atoms with van der Waals surface area (Å²) in [6, 6.07) is 13.8. The fourth-order valence-electron chi connectivity index (χ4n) is 2.29. The van der Waals surface area contributed by atoms with Gasteiger partial charge in [-0.2, -0.15) is 0 Å². The van der Waals surface area contributed by atoms with Gasteiger partial charge in [-0.3, -0.25) is 0 Å². The van der Waals surface area contributed by atoms with Gasteiger partial charge in [0, 0.05) is 28.7 Å². The van der Waals surface area contributed by atoms with Crippen LogP contribution in [-0.4, -0.2) is 12.1 Å². The van der Waals surface area contributed by atoms with Crippen molar-refractivity contribution in [3.63, 3.8) is 0 Å². The van der Waals surface area contributed by atoms with E-state index in [1.54, 1.807) is 7.11 Å². The van der Waals surface area contributed by atoms with Gasteiger partial charge in [-0.25, -0.2) is 0 Å². The maximum absolute atomic E-state index is 5.99. The van der Waals surface area contributed by atoms with E-state index in [4.69, 9.17) is 16.3 Å². The van der Waals surface area contributed by atoms with E-state index in [1.165, 1.54) is 10.9 Å². The summed E-state index contributed by atoms with van der Waals surface area (Å²) in [5.41, 5.74) is 3.23. The van der Waals surface area contributed by atoms with Crippen molar-refractivity contribution in [1.29, 1.82) is 0 Å². The predicted molar refractivity (Wildman–Crippen MR) is 83.6 cm³/mol. The molecule has 20 heavy (non-hydrogen) atoms. The lowest BCUT2D eigenvalue weighted by Gasteiger charge is -2.10. The molecule has 0 aliphatic heterocycles. The van der Waals surface area contributed by atoms with Gasteiger partial charge in [-0.05, 0) is 29.8 Å². The first-order chi connectivity index (χ1) is 9.78. The lowest BCUT2D eigenvalue weighted by atomic mass is 10.1. The lowest BCUT2D eigenvalue weighted by molar-refractivity contribution is 0.416. The zero-order chi connectivity index (χ0) is 13.9. The average molecular weight is 287 g/mol. The Morgan fingerprint density at radius 2 is 2.05 bits per heavy atom. The molecule has 4 heteroatoms. The Bertz CT molecular complexity index is 736. The minimum absolute atomic E-state index is 0.724. The molecule has 2 N–H and O–H groups in total. The molecule has 0 spiro atoms. The summed E-state index contributed by atoms with van der Waals surface area (Å²) in [7, 11) is 1.67. The molecule has 3 aromatic rings. The minimum Gasteiger partial charge on any atom is -0.495 e. The molecule has 0 aliphatic carbocycles. The van der Waals surface area contributed by atoms with E-state index in [9.17, 15) is 0 Å². The highest BCUT2D eigenvalue weighted by molar-refractivity contribution is 6.31. The van der Waals surface area contributed by atoms with Gasteiger partial charge in [-0.1, -0.05) is 29.8 Å². The van der Waals surface area contributed by atoms with Crippen LogP contribution in [0.1, 0.15) is 5.56 Å². The number of hydrogen-bond donors (Lipinski definition) is 2. The quantitative estimate of drug-likeness (QED) is 0.744. The van der Waals surface area contributed by atoms with Crippen LogP contribution < -0.4 is 10.1 Å². The van der Waals surface area contributed by atoms with Crippen molar-refractivity contribution in [2.24, 2.45) is 0 Å². The van der Waals surface area contributed by atoms with Crippen molar-refractivity contribution in [3.8, 4) is 5.75 Å². The lowest BCUT2D eigenvalue weighted by Crippen LogP contribution is -2.00. The maximum Gasteiger partial charge on any atom is 0.141 e. The molecule has 0 aliphatic rings. The Morgan fingerprint density at radius 1 is 1.20 bits per heavy atom. The van der Waals surface area contributed by atoms with Crippen molar-refractivity contribution >= 4 is 28.2 Å². The molecule has 0 radical (unpaired) electrons. The largest absolute Gasteiger partial charge is 0.495 e. The van der Waals surface area contributed by atoms with E-state index in [-0.39, 0.29) is 0 Å². The molecule has 0 fully saturated rings. The summed E-state index contributed by atoms with van der Waals surface area (Å²) >= 11 is 5.99. The molecule has 0 saturated heterocycles. The summed E-state index contributed by atoms with van der Waals surface area (Å²) in [6.07, 6.45) is 2.00. The molecule has 0 bridgehead atoms. The number of aromatic amines is 1. The molecule has 1 aromatic heterocycles. The van der Waals surface area contributed by atoms with E-state index in [2.05, 4.69) is 10.3 Å². The number of nitrogens with one attached hydrogen (secondary N) is 2. The van der Waals surface area contributed by atoms with Gasteiger partial charge in [-0.15, -0.1) is 0 Å². The molecule has 0 amide bonds. The van der Waals surface area contributed by atoms with Crippen LogP contribution in [0.15, 0.2) is 48.7 Å². The summed E-state index contributed by atoms with van der Waals surface area (Å²) in [6.45, 7) is 0.724. The van der Waals surface area contributed by atoms with Crippen LogP contribution in [0.3, 0.4) is 0 Å². The number of methoxy groups -OCH3 is 1. The van der Waals surface area contributed by atoms with Crippen LogP contribution >= 0.6 is 11.6 Å². The zero-order valence-corrected chi connectivity index (χ0v) is 11.9. The molecular formula is C16H15ClN2O. The smallest absolute Gasteiger partial charge is 0.141 e. The molecule has 0 atom stereocenters. The van der Waals surface area contributed by atoms with E-state index in [1.807, 2.05) is 48.7 Å². The second kappa shape index (κ2) is 5.47. The SMILES string of the molecule is COc1ccccc1NCc1c[nH]c2cc(Cl)ccc12. The van der Waals surface area contributed by atoms with Gasteiger partial charge >= 0.3 is 0 Å². The first-order valence-electron chi connectivity index (χ1n) is 6.40. The van der Waals surface area contributed by atoms with Crippen molar-refractivity contribution in [2.45, 2.75) is 6.54 Å². The number of rotatable bonds is 4. The van der Waals surface area contributed by atoms with Crippen molar-refractivity contribution < 1.29 is 4.74 Å². The Balaban J connectivity index is 1.83. The van der Waals surface area contributed by atoms with Crippen LogP contribution in [0.4, 0.5) is 5.69 Å². The number of benzene rings is 2. The highest BCUT2D eigenvalue weighted by Gasteiger charge is 2.05. The third-order valence-electron chi connectivity index (χ3n) is 3.31. The molecule has 0 saturated carbocycles. The first-order valence-corrected chi connectivity index (χ1v) is 6.78. The van der Waals surface area contributed by atoms with E-state index in [0.29, 0.717) is 0 Å². The first kappa shape index (κ1) is 12.9. The molecule has 2 aromatic carbocycles. The number of ether oxygens (including phenoxy) is 1. The Morgan fingerprint density at radius 3 is 2.90 bits per heavy atom. The van der Waals surface area contributed by atoms with Gasteiger partial charge in [0.25, 0.3) is 0 Å². The van der Waals surface area contributed by atoms with Crippen LogP contribution in [0.2, 0.25) is 5.02 Å². The normalized spacial score (nSPS) is 10.7. The van der Waals surface area contributed by atoms with E-state index in [0.717, 1.165) is 28.5 Å². The van der Waals surface area contributed by atoms with Crippen molar-refractivity contribution in [1.82, 2.24) is 4.98 Å².